The van der Waals surface area contributed by atoms with E-state index in [4.69, 9.17) is 9.47 Å². The van der Waals surface area contributed by atoms with Gasteiger partial charge in [0, 0.05) is 19.3 Å². The monoisotopic (exact) mass is 326 g/mol. The van der Waals surface area contributed by atoms with E-state index in [9.17, 15) is 4.79 Å². The zero-order valence-electron chi connectivity index (χ0n) is 15.0. The van der Waals surface area contributed by atoms with Gasteiger partial charge in [0.15, 0.2) is 0 Å². The van der Waals surface area contributed by atoms with Gasteiger partial charge in [0.1, 0.15) is 5.60 Å². The molecule has 23 heavy (non-hydrogen) atoms. The molecule has 0 spiro atoms. The van der Waals surface area contributed by atoms with E-state index in [2.05, 4.69) is 10.6 Å². The van der Waals surface area contributed by atoms with Crippen molar-refractivity contribution in [2.45, 2.75) is 70.9 Å². The molecule has 2 N–H and O–H groups in total. The van der Waals surface area contributed by atoms with E-state index in [1.54, 1.807) is 0 Å². The first kappa shape index (κ1) is 18.5. The van der Waals surface area contributed by atoms with Crippen molar-refractivity contribution in [2.24, 2.45) is 11.8 Å². The Balaban J connectivity index is 1.54. The second kappa shape index (κ2) is 8.88. The van der Waals surface area contributed by atoms with E-state index in [1.165, 1.54) is 19.3 Å². The van der Waals surface area contributed by atoms with Crippen LogP contribution in [-0.2, 0) is 9.47 Å². The largest absolute Gasteiger partial charge is 0.444 e. The summed E-state index contributed by atoms with van der Waals surface area (Å²) < 4.78 is 11.2. The van der Waals surface area contributed by atoms with Crippen LogP contribution in [0.15, 0.2) is 0 Å². The predicted octanol–water partition coefficient (Wildman–Crippen LogP) is 3.09. The average molecular weight is 326 g/mol. The molecule has 5 nitrogen and oxygen atoms in total. The highest BCUT2D eigenvalue weighted by Crippen LogP contribution is 2.26. The van der Waals surface area contributed by atoms with E-state index in [0.717, 1.165) is 51.5 Å². The van der Waals surface area contributed by atoms with Crippen molar-refractivity contribution in [1.29, 1.82) is 0 Å². The van der Waals surface area contributed by atoms with Crippen LogP contribution in [0.1, 0.15) is 59.3 Å². The molecule has 1 saturated heterocycles. The minimum Gasteiger partial charge on any atom is -0.444 e. The van der Waals surface area contributed by atoms with Gasteiger partial charge in [-0.1, -0.05) is 0 Å². The number of hydrogen-bond donors (Lipinski definition) is 2. The SMILES string of the molecule is CC(C)(C)OC(=O)N[C@@H]1CC[C@H](COCCC2CCNCC2)C1. The Bertz CT molecular complexity index is 362. The maximum atomic E-state index is 11.8. The van der Waals surface area contributed by atoms with Crippen LogP contribution in [0, 0.1) is 11.8 Å². The van der Waals surface area contributed by atoms with Crippen LogP contribution in [0.5, 0.6) is 0 Å². The lowest BCUT2D eigenvalue weighted by Gasteiger charge is -2.23. The Morgan fingerprint density at radius 2 is 1.87 bits per heavy atom. The lowest BCUT2D eigenvalue weighted by Crippen LogP contribution is -2.38. The molecule has 0 bridgehead atoms. The molecule has 1 heterocycles. The Kier molecular flexibility index (Phi) is 7.15. The standard InChI is InChI=1S/C18H34N2O3/c1-18(2,3)23-17(21)20-16-5-4-15(12-16)13-22-11-8-14-6-9-19-10-7-14/h14-16,19H,4-13H2,1-3H3,(H,20,21)/t15-,16+/m0/s1. The minimum atomic E-state index is -0.431. The lowest BCUT2D eigenvalue weighted by atomic mass is 9.95. The van der Waals surface area contributed by atoms with Gasteiger partial charge >= 0.3 is 6.09 Å². The Morgan fingerprint density at radius 1 is 1.13 bits per heavy atom. The van der Waals surface area contributed by atoms with Crippen molar-refractivity contribution < 1.29 is 14.3 Å². The third-order valence-corrected chi connectivity index (χ3v) is 4.74. The molecule has 0 aromatic heterocycles. The Labute approximate surface area is 140 Å². The van der Waals surface area contributed by atoms with Crippen molar-refractivity contribution in [3.05, 3.63) is 0 Å². The highest BCUT2D eigenvalue weighted by Gasteiger charge is 2.27. The first-order valence-electron chi connectivity index (χ1n) is 9.20. The summed E-state index contributed by atoms with van der Waals surface area (Å²) in [6, 6.07) is 0.239. The van der Waals surface area contributed by atoms with E-state index in [1.807, 2.05) is 20.8 Å². The molecule has 2 atom stereocenters. The third kappa shape index (κ3) is 7.53. The van der Waals surface area contributed by atoms with E-state index >= 15 is 0 Å². The van der Waals surface area contributed by atoms with Crippen molar-refractivity contribution in [2.75, 3.05) is 26.3 Å². The number of nitrogens with one attached hydrogen (secondary N) is 2. The van der Waals surface area contributed by atoms with Crippen LogP contribution in [0.25, 0.3) is 0 Å². The summed E-state index contributed by atoms with van der Waals surface area (Å²) in [7, 11) is 0. The summed E-state index contributed by atoms with van der Waals surface area (Å²) in [6.45, 7) is 9.69. The molecule has 0 aromatic carbocycles. The number of hydrogen-bond acceptors (Lipinski definition) is 4. The quantitative estimate of drug-likeness (QED) is 0.737. The lowest BCUT2D eigenvalue weighted by molar-refractivity contribution is 0.0499. The average Bonchev–Trinajstić information content (AvgIpc) is 2.90. The van der Waals surface area contributed by atoms with Crippen molar-refractivity contribution >= 4 is 6.09 Å². The fourth-order valence-electron chi connectivity index (χ4n) is 3.50. The summed E-state index contributed by atoms with van der Waals surface area (Å²) in [4.78, 5) is 11.8. The number of piperidine rings is 1. The van der Waals surface area contributed by atoms with Gasteiger partial charge in [-0.25, -0.2) is 4.79 Å². The predicted molar refractivity (Wildman–Crippen MR) is 91.5 cm³/mol. The van der Waals surface area contributed by atoms with Gasteiger partial charge in [0.25, 0.3) is 0 Å². The molecule has 134 valence electrons. The maximum Gasteiger partial charge on any atom is 0.407 e. The molecule has 1 aliphatic carbocycles. The maximum absolute atomic E-state index is 11.8. The normalized spacial score (nSPS) is 26.2. The summed E-state index contributed by atoms with van der Waals surface area (Å²) in [5.41, 5.74) is -0.431. The fourth-order valence-corrected chi connectivity index (χ4v) is 3.50. The highest BCUT2D eigenvalue weighted by atomic mass is 16.6. The van der Waals surface area contributed by atoms with Crippen molar-refractivity contribution in [3.63, 3.8) is 0 Å². The molecule has 1 aliphatic heterocycles. The van der Waals surface area contributed by atoms with Crippen LogP contribution in [-0.4, -0.2) is 44.0 Å². The highest BCUT2D eigenvalue weighted by molar-refractivity contribution is 5.68. The number of amides is 1. The minimum absolute atomic E-state index is 0.239. The Hall–Kier alpha value is -0.810. The van der Waals surface area contributed by atoms with Crippen molar-refractivity contribution in [1.82, 2.24) is 10.6 Å². The summed E-state index contributed by atoms with van der Waals surface area (Å²) in [5, 5.41) is 6.38. The topological polar surface area (TPSA) is 59.6 Å². The van der Waals surface area contributed by atoms with Gasteiger partial charge in [0.05, 0.1) is 0 Å². The molecule has 1 saturated carbocycles. The Morgan fingerprint density at radius 3 is 2.57 bits per heavy atom. The second-order valence-electron chi connectivity index (χ2n) is 8.08. The smallest absolute Gasteiger partial charge is 0.407 e. The molecule has 2 fully saturated rings. The number of ether oxygens (including phenoxy) is 2. The van der Waals surface area contributed by atoms with Gasteiger partial charge in [-0.2, -0.15) is 0 Å². The molecule has 1 amide bonds. The van der Waals surface area contributed by atoms with Gasteiger partial charge in [0.2, 0.25) is 0 Å². The van der Waals surface area contributed by atoms with Crippen LogP contribution in [0.4, 0.5) is 4.79 Å². The van der Waals surface area contributed by atoms with Crippen LogP contribution >= 0.6 is 0 Å². The number of rotatable bonds is 6. The molecular formula is C18H34N2O3. The summed E-state index contributed by atoms with van der Waals surface area (Å²) >= 11 is 0. The third-order valence-electron chi connectivity index (χ3n) is 4.74. The fraction of sp³-hybridized carbons (Fsp3) is 0.944. The number of alkyl carbamates (subject to hydrolysis) is 1. The van der Waals surface area contributed by atoms with Crippen LogP contribution < -0.4 is 10.6 Å². The van der Waals surface area contributed by atoms with Crippen LogP contribution in [0.3, 0.4) is 0 Å². The van der Waals surface area contributed by atoms with E-state index in [0.29, 0.717) is 5.92 Å². The molecule has 0 aromatic rings. The van der Waals surface area contributed by atoms with Gasteiger partial charge in [-0.15, -0.1) is 0 Å². The van der Waals surface area contributed by atoms with E-state index in [-0.39, 0.29) is 12.1 Å². The molecule has 2 rings (SSSR count). The van der Waals surface area contributed by atoms with E-state index < -0.39 is 5.60 Å². The molecule has 2 aliphatic rings. The summed E-state index contributed by atoms with van der Waals surface area (Å²) in [5.74, 6) is 1.41. The first-order chi connectivity index (χ1) is 10.9. The zero-order chi connectivity index (χ0) is 16.7. The summed E-state index contributed by atoms with van der Waals surface area (Å²) in [6.07, 6.45) is 6.63. The first-order valence-corrected chi connectivity index (χ1v) is 9.20. The molecule has 0 unspecified atom stereocenters. The number of carbonyl (C=O) groups excluding carboxylic acids is 1. The second-order valence-corrected chi connectivity index (χ2v) is 8.08. The van der Waals surface area contributed by atoms with Crippen LogP contribution in [0.2, 0.25) is 0 Å². The van der Waals surface area contributed by atoms with Gasteiger partial charge in [-0.3, -0.25) is 0 Å². The molecular weight excluding hydrogens is 292 g/mol. The number of carbonyl (C=O) groups is 1. The van der Waals surface area contributed by atoms with Gasteiger partial charge in [-0.05, 0) is 84.2 Å². The zero-order valence-corrected chi connectivity index (χ0v) is 15.0. The van der Waals surface area contributed by atoms with Crippen molar-refractivity contribution in [3.8, 4) is 0 Å². The molecule has 0 radical (unpaired) electrons. The molecule has 5 heteroatoms. The van der Waals surface area contributed by atoms with Gasteiger partial charge < -0.3 is 20.1 Å².